The van der Waals surface area contributed by atoms with Crippen molar-refractivity contribution in [2.45, 2.75) is 38.3 Å². The average Bonchev–Trinajstić information content (AvgIpc) is 2.63. The van der Waals surface area contributed by atoms with Crippen LogP contribution in [-0.4, -0.2) is 40.7 Å². The van der Waals surface area contributed by atoms with Crippen LogP contribution < -0.4 is 9.20 Å². The standard InChI is InChI=1S/C21H26O4Se/c1-5-24-21(22)16(3)25-18-11-6-7-12-20(18)26-14-19(23-4)17-10-8-9-15(2)13-17/h6-13,16,19H,5,14H2,1-4H3. The Bertz CT molecular complexity index is 717. The molecule has 0 aliphatic rings. The van der Waals surface area contributed by atoms with Gasteiger partial charge in [-0.1, -0.05) is 0 Å². The van der Waals surface area contributed by atoms with Gasteiger partial charge in [0.2, 0.25) is 0 Å². The number of carbonyl (C=O) groups excluding carboxylic acids is 1. The number of aryl methyl sites for hydroxylation is 1. The van der Waals surface area contributed by atoms with Gasteiger partial charge in [-0.15, -0.1) is 0 Å². The van der Waals surface area contributed by atoms with Crippen LogP contribution in [0.1, 0.15) is 31.1 Å². The van der Waals surface area contributed by atoms with Gasteiger partial charge in [0.15, 0.2) is 0 Å². The van der Waals surface area contributed by atoms with Crippen molar-refractivity contribution in [2.24, 2.45) is 0 Å². The SMILES string of the molecule is CCOC(=O)C(C)Oc1ccccc1[Se]CC(OC)c1cccc(C)c1. The fourth-order valence-corrected chi connectivity index (χ4v) is 4.79. The summed E-state index contributed by atoms with van der Waals surface area (Å²) in [5.74, 6) is 0.400. The number of methoxy groups -OCH3 is 1. The first-order chi connectivity index (χ1) is 12.5. The molecule has 140 valence electrons. The van der Waals surface area contributed by atoms with Crippen molar-refractivity contribution >= 4 is 25.4 Å². The molecule has 0 aliphatic heterocycles. The number of para-hydroxylation sites is 1. The summed E-state index contributed by atoms with van der Waals surface area (Å²) in [6.45, 7) is 5.94. The maximum atomic E-state index is 11.8. The summed E-state index contributed by atoms with van der Waals surface area (Å²) in [4.78, 5) is 11.8. The third kappa shape index (κ3) is 5.87. The molecule has 2 aromatic rings. The summed E-state index contributed by atoms with van der Waals surface area (Å²) in [7, 11) is 1.74. The van der Waals surface area contributed by atoms with Gasteiger partial charge in [0.05, 0.1) is 0 Å². The van der Waals surface area contributed by atoms with E-state index in [4.69, 9.17) is 14.2 Å². The molecule has 0 fully saturated rings. The van der Waals surface area contributed by atoms with Crippen LogP contribution in [0, 0.1) is 6.92 Å². The molecule has 0 saturated carbocycles. The second kappa shape index (κ2) is 10.4. The van der Waals surface area contributed by atoms with Crippen LogP contribution in [0.15, 0.2) is 48.5 Å². The summed E-state index contributed by atoms with van der Waals surface area (Å²) in [6.07, 6.45) is -0.577. The van der Waals surface area contributed by atoms with Crippen molar-refractivity contribution in [2.75, 3.05) is 13.7 Å². The molecule has 2 aromatic carbocycles. The molecule has 26 heavy (non-hydrogen) atoms. The van der Waals surface area contributed by atoms with Crippen molar-refractivity contribution in [1.82, 2.24) is 0 Å². The summed E-state index contributed by atoms with van der Waals surface area (Å²) >= 11 is 0.148. The molecule has 2 unspecified atom stereocenters. The number of hydrogen-bond donors (Lipinski definition) is 0. The van der Waals surface area contributed by atoms with Gasteiger partial charge in [-0.2, -0.15) is 0 Å². The number of rotatable bonds is 9. The third-order valence-corrected chi connectivity index (χ3v) is 6.21. The Morgan fingerprint density at radius 2 is 1.92 bits per heavy atom. The molecule has 0 spiro atoms. The van der Waals surface area contributed by atoms with Crippen molar-refractivity contribution in [3.8, 4) is 5.75 Å². The zero-order chi connectivity index (χ0) is 18.9. The zero-order valence-electron chi connectivity index (χ0n) is 15.7. The summed E-state index contributed by atoms with van der Waals surface area (Å²) in [6, 6.07) is 16.3. The minimum atomic E-state index is -0.623. The molecule has 0 aromatic heterocycles. The molecule has 0 amide bonds. The Hall–Kier alpha value is -1.81. The van der Waals surface area contributed by atoms with Gasteiger partial charge in [0.1, 0.15) is 0 Å². The number of carbonyl (C=O) groups is 1. The van der Waals surface area contributed by atoms with Crippen molar-refractivity contribution in [3.63, 3.8) is 0 Å². The minimum absolute atomic E-state index is 0.0467. The van der Waals surface area contributed by atoms with Crippen molar-refractivity contribution < 1.29 is 19.0 Å². The van der Waals surface area contributed by atoms with Gasteiger partial charge in [-0.05, 0) is 0 Å². The molecule has 0 radical (unpaired) electrons. The first kappa shape index (κ1) is 20.5. The molecule has 2 rings (SSSR count). The van der Waals surface area contributed by atoms with Crippen LogP contribution in [0.3, 0.4) is 0 Å². The topological polar surface area (TPSA) is 44.8 Å². The van der Waals surface area contributed by atoms with E-state index >= 15 is 0 Å². The van der Waals surface area contributed by atoms with E-state index in [1.165, 1.54) is 11.1 Å². The molecule has 2 atom stereocenters. The Labute approximate surface area is 162 Å². The summed E-state index contributed by atoms with van der Waals surface area (Å²) in [5, 5.41) is 0.890. The second-order valence-corrected chi connectivity index (χ2v) is 8.14. The second-order valence-electron chi connectivity index (χ2n) is 5.91. The van der Waals surface area contributed by atoms with Crippen LogP contribution in [-0.2, 0) is 14.3 Å². The Kier molecular flexibility index (Phi) is 8.17. The van der Waals surface area contributed by atoms with Gasteiger partial charge in [-0.25, -0.2) is 0 Å². The quantitative estimate of drug-likeness (QED) is 0.460. The molecule has 0 bridgehead atoms. The van der Waals surface area contributed by atoms with E-state index in [9.17, 15) is 4.79 Å². The molecule has 0 heterocycles. The normalized spacial score (nSPS) is 13.1. The van der Waals surface area contributed by atoms with E-state index in [0.29, 0.717) is 6.61 Å². The summed E-state index contributed by atoms with van der Waals surface area (Å²) in [5.41, 5.74) is 2.41. The first-order valence-electron chi connectivity index (χ1n) is 8.69. The van der Waals surface area contributed by atoms with Gasteiger partial charge in [0.25, 0.3) is 0 Å². The molecule has 4 nitrogen and oxygen atoms in total. The van der Waals surface area contributed by atoms with Crippen LogP contribution >= 0.6 is 0 Å². The van der Waals surface area contributed by atoms with E-state index in [1.54, 1.807) is 21.0 Å². The number of benzene rings is 2. The van der Waals surface area contributed by atoms with Gasteiger partial charge in [-0.3, -0.25) is 0 Å². The Morgan fingerprint density at radius 3 is 2.62 bits per heavy atom. The number of esters is 1. The van der Waals surface area contributed by atoms with Gasteiger partial charge >= 0.3 is 162 Å². The molecule has 5 heteroatoms. The van der Waals surface area contributed by atoms with E-state index in [0.717, 1.165) is 15.5 Å². The molecular formula is C21H26O4Se. The summed E-state index contributed by atoms with van der Waals surface area (Å²) < 4.78 is 17.7. The van der Waals surface area contributed by atoms with Crippen LogP contribution in [0.2, 0.25) is 5.32 Å². The number of hydrogen-bond acceptors (Lipinski definition) is 4. The Balaban J connectivity index is 2.06. The monoisotopic (exact) mass is 422 g/mol. The molecular weight excluding hydrogens is 395 g/mol. The third-order valence-electron chi connectivity index (χ3n) is 3.86. The van der Waals surface area contributed by atoms with E-state index in [2.05, 4.69) is 37.3 Å². The Morgan fingerprint density at radius 1 is 1.15 bits per heavy atom. The predicted octanol–water partition coefficient (Wildman–Crippen LogP) is 3.46. The zero-order valence-corrected chi connectivity index (χ0v) is 17.4. The maximum absolute atomic E-state index is 11.8. The van der Waals surface area contributed by atoms with Crippen molar-refractivity contribution in [3.05, 3.63) is 59.7 Å². The fourth-order valence-electron chi connectivity index (χ4n) is 2.50. The van der Waals surface area contributed by atoms with Crippen molar-refractivity contribution in [1.29, 1.82) is 0 Å². The number of ether oxygens (including phenoxy) is 3. The van der Waals surface area contributed by atoms with E-state index in [1.807, 2.05) is 18.2 Å². The predicted molar refractivity (Wildman–Crippen MR) is 104 cm³/mol. The van der Waals surface area contributed by atoms with Crippen LogP contribution in [0.4, 0.5) is 0 Å². The van der Waals surface area contributed by atoms with Gasteiger partial charge in [0, 0.05) is 0 Å². The van der Waals surface area contributed by atoms with E-state index < -0.39 is 6.10 Å². The van der Waals surface area contributed by atoms with E-state index in [-0.39, 0.29) is 27.0 Å². The van der Waals surface area contributed by atoms with Crippen LogP contribution in [0.5, 0.6) is 5.75 Å². The first-order valence-corrected chi connectivity index (χ1v) is 10.8. The van der Waals surface area contributed by atoms with Crippen LogP contribution in [0.25, 0.3) is 0 Å². The molecule has 0 N–H and O–H groups in total. The molecule has 0 saturated heterocycles. The molecule has 0 aliphatic carbocycles. The average molecular weight is 421 g/mol. The fraction of sp³-hybridized carbons (Fsp3) is 0.381. The van der Waals surface area contributed by atoms with Gasteiger partial charge < -0.3 is 0 Å².